The van der Waals surface area contributed by atoms with Crippen LogP contribution < -0.4 is 0 Å². The Morgan fingerprint density at radius 3 is 2.81 bits per heavy atom. The van der Waals surface area contributed by atoms with Gasteiger partial charge in [0.15, 0.2) is 5.78 Å². The van der Waals surface area contributed by atoms with E-state index in [9.17, 15) is 13.6 Å². The first-order valence-corrected chi connectivity index (χ1v) is 6.33. The lowest BCUT2D eigenvalue weighted by molar-refractivity contribution is 0.0925. The molecular formula is C12H12F2OS. The van der Waals surface area contributed by atoms with E-state index in [4.69, 9.17) is 0 Å². The molecule has 16 heavy (non-hydrogen) atoms. The first-order chi connectivity index (χ1) is 7.61. The van der Waals surface area contributed by atoms with Crippen LogP contribution in [0.4, 0.5) is 8.78 Å². The molecule has 1 aliphatic rings. The molecule has 0 aliphatic carbocycles. The summed E-state index contributed by atoms with van der Waals surface area (Å²) in [7, 11) is 0. The van der Waals surface area contributed by atoms with Gasteiger partial charge >= 0.3 is 0 Å². The Labute approximate surface area is 97.2 Å². The molecule has 1 nitrogen and oxygen atoms in total. The van der Waals surface area contributed by atoms with Crippen molar-refractivity contribution < 1.29 is 13.6 Å². The van der Waals surface area contributed by atoms with E-state index in [1.807, 2.05) is 0 Å². The molecule has 86 valence electrons. The molecule has 1 aromatic carbocycles. The summed E-state index contributed by atoms with van der Waals surface area (Å²) >= 11 is 1.66. The van der Waals surface area contributed by atoms with Crippen molar-refractivity contribution in [2.24, 2.45) is 5.92 Å². The van der Waals surface area contributed by atoms with Crippen molar-refractivity contribution >= 4 is 17.5 Å². The van der Waals surface area contributed by atoms with E-state index in [1.165, 1.54) is 13.0 Å². The number of halogens is 2. The molecule has 2 rings (SSSR count). The monoisotopic (exact) mass is 242 g/mol. The van der Waals surface area contributed by atoms with Gasteiger partial charge in [-0.1, -0.05) is 6.07 Å². The van der Waals surface area contributed by atoms with Crippen molar-refractivity contribution in [1.82, 2.24) is 0 Å². The van der Waals surface area contributed by atoms with Gasteiger partial charge < -0.3 is 0 Å². The number of carbonyl (C=O) groups excluding carboxylic acids is 1. The maximum Gasteiger partial charge on any atom is 0.172 e. The van der Waals surface area contributed by atoms with Crippen LogP contribution in [-0.4, -0.2) is 17.3 Å². The summed E-state index contributed by atoms with van der Waals surface area (Å²) in [6.07, 6.45) is 0.719. The van der Waals surface area contributed by atoms with Crippen molar-refractivity contribution in [2.45, 2.75) is 13.3 Å². The van der Waals surface area contributed by atoms with Crippen LogP contribution in [0.25, 0.3) is 0 Å². The van der Waals surface area contributed by atoms with Gasteiger partial charge in [-0.25, -0.2) is 8.78 Å². The highest BCUT2D eigenvalue weighted by Gasteiger charge is 2.29. The van der Waals surface area contributed by atoms with Crippen molar-refractivity contribution in [3.8, 4) is 0 Å². The van der Waals surface area contributed by atoms with Gasteiger partial charge in [-0.3, -0.25) is 4.79 Å². The van der Waals surface area contributed by atoms with Crippen LogP contribution in [0.15, 0.2) is 12.1 Å². The lowest BCUT2D eigenvalue weighted by atomic mass is 9.95. The minimum Gasteiger partial charge on any atom is -0.294 e. The number of rotatable bonds is 2. The first-order valence-electron chi connectivity index (χ1n) is 5.18. The Morgan fingerprint density at radius 1 is 1.44 bits per heavy atom. The van der Waals surface area contributed by atoms with Crippen LogP contribution in [0.5, 0.6) is 0 Å². The van der Waals surface area contributed by atoms with E-state index in [1.54, 1.807) is 11.8 Å². The van der Waals surface area contributed by atoms with Crippen molar-refractivity contribution in [1.29, 1.82) is 0 Å². The Kier molecular flexibility index (Phi) is 3.28. The van der Waals surface area contributed by atoms with E-state index < -0.39 is 11.6 Å². The second kappa shape index (κ2) is 4.53. The number of ketones is 1. The van der Waals surface area contributed by atoms with Crippen LogP contribution in [0.2, 0.25) is 0 Å². The van der Waals surface area contributed by atoms with Crippen LogP contribution in [0.3, 0.4) is 0 Å². The third-order valence-corrected chi connectivity index (χ3v) is 3.99. The Morgan fingerprint density at radius 2 is 2.19 bits per heavy atom. The van der Waals surface area contributed by atoms with E-state index in [0.29, 0.717) is 11.3 Å². The van der Waals surface area contributed by atoms with Gasteiger partial charge in [0.2, 0.25) is 0 Å². The van der Waals surface area contributed by atoms with Crippen LogP contribution in [0, 0.1) is 24.5 Å². The fraction of sp³-hybridized carbons (Fsp3) is 0.417. The summed E-state index contributed by atoms with van der Waals surface area (Å²) in [5.41, 5.74) is -0.0390. The minimum atomic E-state index is -0.745. The van der Waals surface area contributed by atoms with Crippen LogP contribution >= 0.6 is 11.8 Å². The van der Waals surface area contributed by atoms with Gasteiger partial charge in [-0.05, 0) is 30.7 Å². The van der Waals surface area contributed by atoms with E-state index in [-0.39, 0.29) is 17.3 Å². The molecule has 0 N–H and O–H groups in total. The molecule has 0 amide bonds. The molecule has 1 saturated heterocycles. The van der Waals surface area contributed by atoms with E-state index >= 15 is 0 Å². The average Bonchev–Trinajstić information content (AvgIpc) is 2.77. The van der Waals surface area contributed by atoms with Crippen LogP contribution in [0.1, 0.15) is 22.3 Å². The average molecular weight is 242 g/mol. The molecule has 0 aromatic heterocycles. The molecule has 0 bridgehead atoms. The summed E-state index contributed by atoms with van der Waals surface area (Å²) < 4.78 is 27.2. The largest absolute Gasteiger partial charge is 0.294 e. The highest BCUT2D eigenvalue weighted by atomic mass is 32.2. The molecule has 1 aliphatic heterocycles. The summed E-state index contributed by atoms with van der Waals surface area (Å²) in [6.45, 7) is 1.54. The molecule has 1 aromatic rings. The zero-order chi connectivity index (χ0) is 11.7. The zero-order valence-corrected chi connectivity index (χ0v) is 9.74. The van der Waals surface area contributed by atoms with E-state index in [0.717, 1.165) is 18.2 Å². The van der Waals surface area contributed by atoms with Crippen LogP contribution in [-0.2, 0) is 0 Å². The Hall–Kier alpha value is -0.900. The highest BCUT2D eigenvalue weighted by Crippen LogP contribution is 2.29. The third kappa shape index (κ3) is 1.98. The highest BCUT2D eigenvalue weighted by molar-refractivity contribution is 7.99. The van der Waals surface area contributed by atoms with Gasteiger partial charge in [0.1, 0.15) is 11.6 Å². The molecule has 1 unspecified atom stereocenters. The number of hydrogen-bond acceptors (Lipinski definition) is 2. The van der Waals surface area contributed by atoms with Crippen molar-refractivity contribution in [2.75, 3.05) is 11.5 Å². The Bertz CT molecular complexity index is 425. The molecule has 1 atom stereocenters. The van der Waals surface area contributed by atoms with Crippen molar-refractivity contribution in [3.05, 3.63) is 34.9 Å². The van der Waals surface area contributed by atoms with Gasteiger partial charge in [-0.15, -0.1) is 0 Å². The van der Waals surface area contributed by atoms with Gasteiger partial charge in [-0.2, -0.15) is 11.8 Å². The number of benzene rings is 1. The summed E-state index contributed by atoms with van der Waals surface area (Å²) in [5, 5.41) is 0. The maximum atomic E-state index is 13.7. The number of carbonyl (C=O) groups is 1. The molecule has 0 saturated carbocycles. The number of thioether (sulfide) groups is 1. The number of aryl methyl sites for hydroxylation is 1. The predicted octanol–water partition coefficient (Wildman–Crippen LogP) is 3.21. The normalized spacial score (nSPS) is 20.1. The molecule has 0 spiro atoms. The smallest absolute Gasteiger partial charge is 0.172 e. The first kappa shape index (κ1) is 11.6. The topological polar surface area (TPSA) is 17.1 Å². The predicted molar refractivity (Wildman–Crippen MR) is 60.9 cm³/mol. The fourth-order valence-electron chi connectivity index (χ4n) is 1.83. The quantitative estimate of drug-likeness (QED) is 0.741. The van der Waals surface area contributed by atoms with Gasteiger partial charge in [0.25, 0.3) is 0 Å². The second-order valence-electron chi connectivity index (χ2n) is 3.98. The zero-order valence-electron chi connectivity index (χ0n) is 8.93. The molecule has 4 heteroatoms. The molecule has 0 radical (unpaired) electrons. The number of Topliss-reactive ketones (excluding diaryl/α,β-unsaturated/α-hetero) is 1. The SMILES string of the molecule is Cc1ccc(F)c(C(=O)C2CCSC2)c1F. The second-order valence-corrected chi connectivity index (χ2v) is 5.13. The summed E-state index contributed by atoms with van der Waals surface area (Å²) in [4.78, 5) is 11.9. The lowest BCUT2D eigenvalue weighted by Gasteiger charge is -2.10. The van der Waals surface area contributed by atoms with E-state index in [2.05, 4.69) is 0 Å². The fourth-order valence-corrected chi connectivity index (χ4v) is 3.05. The van der Waals surface area contributed by atoms with Crippen molar-refractivity contribution in [3.63, 3.8) is 0 Å². The summed E-state index contributed by atoms with van der Waals surface area (Å²) in [6, 6.07) is 2.51. The maximum absolute atomic E-state index is 13.7. The lowest BCUT2D eigenvalue weighted by Crippen LogP contribution is -2.17. The molecular weight excluding hydrogens is 230 g/mol. The summed E-state index contributed by atoms with van der Waals surface area (Å²) in [5.74, 6) is -0.497. The Balaban J connectivity index is 2.39. The minimum absolute atomic E-state index is 0.226. The van der Waals surface area contributed by atoms with Gasteiger partial charge in [0, 0.05) is 11.7 Å². The third-order valence-electron chi connectivity index (χ3n) is 2.83. The number of hydrogen-bond donors (Lipinski definition) is 0. The standard InChI is InChI=1S/C12H12F2OS/c1-7-2-3-9(13)10(11(7)14)12(15)8-4-5-16-6-8/h2-3,8H,4-6H2,1H3. The molecule has 1 fully saturated rings. The van der Waals surface area contributed by atoms with Gasteiger partial charge in [0.05, 0.1) is 5.56 Å². The molecule has 1 heterocycles.